The van der Waals surface area contributed by atoms with E-state index in [2.05, 4.69) is 5.32 Å². The third-order valence-electron chi connectivity index (χ3n) is 2.14. The van der Waals surface area contributed by atoms with E-state index in [4.69, 9.17) is 11.5 Å². The topological polar surface area (TPSA) is 101 Å². The van der Waals surface area contributed by atoms with Gasteiger partial charge < -0.3 is 27.0 Å². The maximum Gasteiger partial charge on any atom is 0.221 e. The molecule has 0 bridgehead atoms. The zero-order valence-electron chi connectivity index (χ0n) is 12.1. The number of carbonyl (C=O) groups is 1. The van der Waals surface area contributed by atoms with Gasteiger partial charge in [0.2, 0.25) is 5.91 Å². The van der Waals surface area contributed by atoms with E-state index in [-0.39, 0.29) is 11.6 Å². The fourth-order valence-electron chi connectivity index (χ4n) is 1.12. The van der Waals surface area contributed by atoms with E-state index in [0.717, 1.165) is 0 Å². The predicted octanol–water partition coefficient (Wildman–Crippen LogP) is -0.135. The summed E-state index contributed by atoms with van der Waals surface area (Å²) in [5.41, 5.74) is 11.1. The van der Waals surface area contributed by atoms with Gasteiger partial charge >= 0.3 is 0 Å². The van der Waals surface area contributed by atoms with E-state index in [9.17, 15) is 9.18 Å². The molecule has 1 aromatic carbocycles. The van der Waals surface area contributed by atoms with Gasteiger partial charge in [0.15, 0.2) is 0 Å². The molecule has 0 atom stereocenters. The molecule has 0 heterocycles. The van der Waals surface area contributed by atoms with Gasteiger partial charge in [0, 0.05) is 19.7 Å². The summed E-state index contributed by atoms with van der Waals surface area (Å²) in [6, 6.07) is 4.03. The van der Waals surface area contributed by atoms with Crippen molar-refractivity contribution in [2.45, 2.75) is 6.92 Å². The summed E-state index contributed by atoms with van der Waals surface area (Å²) in [6.07, 6.45) is 3.88. The second-order valence-corrected chi connectivity index (χ2v) is 4.03. The Balaban J connectivity index is 0.000000396. The van der Waals surface area contributed by atoms with Gasteiger partial charge in [0.25, 0.3) is 0 Å². The van der Waals surface area contributed by atoms with E-state index < -0.39 is 5.82 Å². The van der Waals surface area contributed by atoms with Gasteiger partial charge in [-0.15, -0.1) is 0 Å². The Bertz CT molecular complexity index is 450. The molecule has 0 spiro atoms. The van der Waals surface area contributed by atoms with Crippen molar-refractivity contribution in [3.05, 3.63) is 36.4 Å². The first-order chi connectivity index (χ1) is 9.40. The van der Waals surface area contributed by atoms with E-state index in [1.165, 1.54) is 25.1 Å². The standard InChI is InChI=1S/C8H9FN2O.C5H13N3/c1-5(12)11-6-2-3-7(9)8(10)4-6;1-7-3-4-8(2)5-6/h2-4H,10H2,1H3,(H,11,12);3-4,7H,5-6H2,1-2H3/p+1/b;4-3-. The zero-order chi connectivity index (χ0) is 15.5. The summed E-state index contributed by atoms with van der Waals surface area (Å²) in [5, 5.41) is 4.45. The lowest BCUT2D eigenvalue weighted by atomic mass is 10.2. The minimum atomic E-state index is -0.482. The Kier molecular flexibility index (Phi) is 8.73. The van der Waals surface area contributed by atoms with Gasteiger partial charge in [-0.05, 0) is 18.2 Å². The molecule has 1 amide bonds. The van der Waals surface area contributed by atoms with Crippen molar-refractivity contribution < 1.29 is 14.5 Å². The van der Waals surface area contributed by atoms with E-state index in [1.54, 1.807) is 0 Å². The Morgan fingerprint density at radius 2 is 2.20 bits per heavy atom. The van der Waals surface area contributed by atoms with Crippen LogP contribution >= 0.6 is 0 Å². The van der Waals surface area contributed by atoms with Crippen molar-refractivity contribution in [1.82, 2.24) is 4.90 Å². The van der Waals surface area contributed by atoms with Crippen LogP contribution in [0.1, 0.15) is 6.92 Å². The fraction of sp³-hybridized carbons (Fsp3) is 0.308. The van der Waals surface area contributed by atoms with Crippen molar-refractivity contribution in [3.63, 3.8) is 0 Å². The number of hydrogen-bond acceptors (Lipinski definition) is 4. The second-order valence-electron chi connectivity index (χ2n) is 4.03. The normalized spacial score (nSPS) is 9.85. The number of nitrogen functional groups attached to an aromatic ring is 1. The summed E-state index contributed by atoms with van der Waals surface area (Å²) in [5.74, 6) is -0.690. The van der Waals surface area contributed by atoms with Crippen LogP contribution in [0.5, 0.6) is 0 Å². The third-order valence-corrected chi connectivity index (χ3v) is 2.14. The number of nitrogens with one attached hydrogen (secondary N) is 1. The molecular weight excluding hydrogens is 261 g/mol. The first-order valence-corrected chi connectivity index (χ1v) is 6.09. The number of carbonyl (C=O) groups excluding carboxylic acids is 1. The number of halogens is 1. The molecule has 0 saturated heterocycles. The number of amides is 1. The van der Waals surface area contributed by atoms with Crippen LogP contribution < -0.4 is 22.1 Å². The summed E-state index contributed by atoms with van der Waals surface area (Å²) in [4.78, 5) is 12.5. The molecule has 1 aromatic rings. The lowest BCUT2D eigenvalue weighted by Crippen LogP contribution is -2.72. The van der Waals surface area contributed by atoms with Gasteiger partial charge in [-0.2, -0.15) is 0 Å². The van der Waals surface area contributed by atoms with E-state index in [0.29, 0.717) is 12.4 Å². The van der Waals surface area contributed by atoms with Crippen LogP contribution in [0.3, 0.4) is 0 Å². The number of anilines is 2. The highest BCUT2D eigenvalue weighted by atomic mass is 19.1. The predicted molar refractivity (Wildman–Crippen MR) is 78.9 cm³/mol. The highest BCUT2D eigenvalue weighted by molar-refractivity contribution is 5.89. The van der Waals surface area contributed by atoms with Crippen molar-refractivity contribution in [1.29, 1.82) is 0 Å². The molecule has 1 rings (SSSR count). The van der Waals surface area contributed by atoms with Crippen molar-refractivity contribution in [2.24, 2.45) is 5.73 Å². The van der Waals surface area contributed by atoms with Gasteiger partial charge in [0.1, 0.15) is 12.0 Å². The Hall–Kier alpha value is -2.12. The van der Waals surface area contributed by atoms with Crippen molar-refractivity contribution >= 4 is 17.3 Å². The molecule has 7 heteroatoms. The molecule has 6 nitrogen and oxygen atoms in total. The minimum Gasteiger partial charge on any atom is -0.396 e. The fourth-order valence-corrected chi connectivity index (χ4v) is 1.12. The first-order valence-electron chi connectivity index (χ1n) is 6.09. The van der Waals surface area contributed by atoms with Crippen LogP contribution in [-0.2, 0) is 4.79 Å². The Morgan fingerprint density at radius 1 is 1.55 bits per heavy atom. The first kappa shape index (κ1) is 17.9. The highest BCUT2D eigenvalue weighted by Crippen LogP contribution is 2.15. The minimum absolute atomic E-state index is 0.0289. The lowest BCUT2D eigenvalue weighted by Gasteiger charge is -2.06. The van der Waals surface area contributed by atoms with Crippen LogP contribution in [0.2, 0.25) is 0 Å². The number of benzene rings is 1. The molecule has 0 aliphatic carbocycles. The summed E-state index contributed by atoms with van der Waals surface area (Å²) in [6.45, 7) is 1.95. The molecular formula is C13H23FN5O+. The SMILES string of the molecule is CC(=O)Nc1ccc(F)c(N)c1.C[NH2+]/C=C\N(C)CN. The molecule has 20 heavy (non-hydrogen) atoms. The molecule has 0 saturated carbocycles. The molecule has 112 valence electrons. The second kappa shape index (κ2) is 9.76. The number of rotatable bonds is 4. The van der Waals surface area contributed by atoms with Crippen LogP contribution in [0.4, 0.5) is 15.8 Å². The van der Waals surface area contributed by atoms with Crippen LogP contribution in [0, 0.1) is 5.82 Å². The van der Waals surface area contributed by atoms with Gasteiger partial charge in [-0.25, -0.2) is 4.39 Å². The van der Waals surface area contributed by atoms with Crippen LogP contribution in [-0.4, -0.2) is 31.6 Å². The van der Waals surface area contributed by atoms with E-state index in [1.807, 2.05) is 36.7 Å². The Labute approximate surface area is 118 Å². The quantitative estimate of drug-likeness (QED) is 0.457. The zero-order valence-corrected chi connectivity index (χ0v) is 12.1. The summed E-state index contributed by atoms with van der Waals surface area (Å²) in [7, 11) is 3.90. The number of nitrogens with zero attached hydrogens (tertiary/aromatic N) is 1. The smallest absolute Gasteiger partial charge is 0.221 e. The van der Waals surface area contributed by atoms with Gasteiger partial charge in [-0.3, -0.25) is 4.79 Å². The maximum absolute atomic E-state index is 12.6. The largest absolute Gasteiger partial charge is 0.396 e. The van der Waals surface area contributed by atoms with E-state index >= 15 is 0 Å². The number of quaternary nitrogens is 1. The molecule has 0 aromatic heterocycles. The van der Waals surface area contributed by atoms with Crippen molar-refractivity contribution in [2.75, 3.05) is 31.8 Å². The molecule has 0 fully saturated rings. The average molecular weight is 284 g/mol. The average Bonchev–Trinajstić information content (AvgIpc) is 2.40. The summed E-state index contributed by atoms with van der Waals surface area (Å²) < 4.78 is 12.6. The van der Waals surface area contributed by atoms with Crippen LogP contribution in [0.15, 0.2) is 30.6 Å². The third kappa shape index (κ3) is 8.06. The van der Waals surface area contributed by atoms with Gasteiger partial charge in [0.05, 0.1) is 25.6 Å². The monoisotopic (exact) mass is 284 g/mol. The molecule has 0 unspecified atom stereocenters. The maximum atomic E-state index is 12.6. The van der Waals surface area contributed by atoms with Crippen molar-refractivity contribution in [3.8, 4) is 0 Å². The Morgan fingerprint density at radius 3 is 2.65 bits per heavy atom. The van der Waals surface area contributed by atoms with Crippen LogP contribution in [0.25, 0.3) is 0 Å². The molecule has 7 N–H and O–H groups in total. The molecule has 0 aliphatic heterocycles. The number of nitrogens with two attached hydrogens (primary N) is 3. The number of hydrogen-bond donors (Lipinski definition) is 4. The molecule has 0 radical (unpaired) electrons. The van der Waals surface area contributed by atoms with Gasteiger partial charge in [-0.1, -0.05) is 0 Å². The lowest BCUT2D eigenvalue weighted by molar-refractivity contribution is -0.557. The summed E-state index contributed by atoms with van der Waals surface area (Å²) >= 11 is 0. The highest BCUT2D eigenvalue weighted by Gasteiger charge is 1.99. The molecule has 0 aliphatic rings.